The number of benzene rings is 3. The number of carbonyl (C=O) groups is 1. The Balaban J connectivity index is 1.50. The minimum atomic E-state index is -0.237. The molecule has 0 radical (unpaired) electrons. The van der Waals surface area contributed by atoms with Gasteiger partial charge in [0.15, 0.2) is 5.50 Å². The maximum absolute atomic E-state index is 12.6. The molecule has 1 saturated heterocycles. The fraction of sp³-hybridized carbons (Fsp3) is 0.179. The third kappa shape index (κ3) is 6.68. The Morgan fingerprint density at radius 2 is 1.92 bits per heavy atom. The normalized spacial score (nSPS) is 16.2. The summed E-state index contributed by atoms with van der Waals surface area (Å²) in [5.74, 6) is 0.600. The molecular formula is C28H25BrCl2N2O2S. The summed E-state index contributed by atoms with van der Waals surface area (Å²) in [6.45, 7) is 6.30. The van der Waals surface area contributed by atoms with Crippen molar-refractivity contribution in [2.75, 3.05) is 5.32 Å². The van der Waals surface area contributed by atoms with E-state index in [0.29, 0.717) is 33.7 Å². The van der Waals surface area contributed by atoms with Crippen molar-refractivity contribution in [1.82, 2.24) is 5.32 Å². The number of carbonyl (C=O) groups excluding carboxylic acids is 1. The summed E-state index contributed by atoms with van der Waals surface area (Å²) < 4.78 is 6.92. The van der Waals surface area contributed by atoms with Gasteiger partial charge in [-0.3, -0.25) is 4.79 Å². The molecule has 3 aromatic carbocycles. The number of thioether (sulfide) groups is 1. The molecule has 2 N–H and O–H groups in total. The molecular weight excluding hydrogens is 579 g/mol. The standard InChI is InChI=1S/C28H25BrCl2N2O2S/c1-3-5-19-12-18(13-23(29)26(19)35-16-20-8-9-21(30)15-24(20)31)14-25-27(34)33-28(36-25)32-22-10-6-17(4-2)7-11-22/h3,6-15,28,32H,1,4-5,16H2,2H3,(H,33,34)/b25-14-/t28-/m0/s1. The van der Waals surface area contributed by atoms with Crippen LogP contribution in [0.15, 0.2) is 76.6 Å². The van der Waals surface area contributed by atoms with Crippen molar-refractivity contribution in [2.24, 2.45) is 0 Å². The number of aryl methyl sites for hydroxylation is 1. The van der Waals surface area contributed by atoms with Crippen molar-refractivity contribution in [3.05, 3.63) is 109 Å². The average Bonchev–Trinajstić information content (AvgIpc) is 3.18. The van der Waals surface area contributed by atoms with Gasteiger partial charge in [-0.15, -0.1) is 6.58 Å². The van der Waals surface area contributed by atoms with Crippen molar-refractivity contribution >= 4 is 68.6 Å². The van der Waals surface area contributed by atoms with Crippen LogP contribution < -0.4 is 15.4 Å². The van der Waals surface area contributed by atoms with E-state index in [1.54, 1.807) is 12.1 Å². The molecule has 1 atom stereocenters. The van der Waals surface area contributed by atoms with Gasteiger partial charge < -0.3 is 15.4 Å². The zero-order valence-electron chi connectivity index (χ0n) is 19.6. The van der Waals surface area contributed by atoms with E-state index in [2.05, 4.69) is 52.2 Å². The second-order valence-electron chi connectivity index (χ2n) is 8.18. The molecule has 0 bridgehead atoms. The fourth-order valence-electron chi connectivity index (χ4n) is 3.72. The summed E-state index contributed by atoms with van der Waals surface area (Å²) in [6, 6.07) is 17.5. The maximum Gasteiger partial charge on any atom is 0.260 e. The largest absolute Gasteiger partial charge is 0.487 e. The van der Waals surface area contributed by atoms with Crippen molar-refractivity contribution in [1.29, 1.82) is 0 Å². The van der Waals surface area contributed by atoms with E-state index in [9.17, 15) is 4.79 Å². The molecule has 0 unspecified atom stereocenters. The smallest absolute Gasteiger partial charge is 0.260 e. The second kappa shape index (κ2) is 12.2. The summed E-state index contributed by atoms with van der Waals surface area (Å²) in [5.41, 5.74) is 4.68. The van der Waals surface area contributed by atoms with Gasteiger partial charge in [0, 0.05) is 21.3 Å². The van der Waals surface area contributed by atoms with Crippen LogP contribution in [0.2, 0.25) is 10.0 Å². The van der Waals surface area contributed by atoms with Gasteiger partial charge in [0.25, 0.3) is 5.91 Å². The van der Waals surface area contributed by atoms with Crippen LogP contribution in [0.4, 0.5) is 5.69 Å². The van der Waals surface area contributed by atoms with Gasteiger partial charge in [-0.25, -0.2) is 0 Å². The van der Waals surface area contributed by atoms with E-state index in [1.807, 2.05) is 42.5 Å². The third-order valence-electron chi connectivity index (χ3n) is 5.58. The fourth-order valence-corrected chi connectivity index (χ4v) is 5.80. The van der Waals surface area contributed by atoms with Crippen LogP contribution in [0.1, 0.15) is 29.2 Å². The lowest BCUT2D eigenvalue weighted by Crippen LogP contribution is -2.30. The van der Waals surface area contributed by atoms with Crippen molar-refractivity contribution in [2.45, 2.75) is 31.9 Å². The van der Waals surface area contributed by atoms with Gasteiger partial charge in [-0.05, 0) is 87.9 Å². The molecule has 1 fully saturated rings. The Morgan fingerprint density at radius 1 is 1.14 bits per heavy atom. The van der Waals surface area contributed by atoms with Gasteiger partial charge in [-0.2, -0.15) is 0 Å². The first-order valence-corrected chi connectivity index (χ1v) is 13.8. The Kier molecular flexibility index (Phi) is 9.07. The molecule has 1 heterocycles. The minimum Gasteiger partial charge on any atom is -0.487 e. The molecule has 1 aliphatic rings. The van der Waals surface area contributed by atoms with Gasteiger partial charge >= 0.3 is 0 Å². The summed E-state index contributed by atoms with van der Waals surface area (Å²) in [5, 5.41) is 7.48. The molecule has 0 aromatic heterocycles. The van der Waals surface area contributed by atoms with Crippen LogP contribution in [0.3, 0.4) is 0 Å². The molecule has 0 aliphatic carbocycles. The first-order chi connectivity index (χ1) is 17.4. The van der Waals surface area contributed by atoms with Crippen LogP contribution in [0, 0.1) is 0 Å². The van der Waals surface area contributed by atoms with Crippen LogP contribution in [-0.2, 0) is 24.2 Å². The van der Waals surface area contributed by atoms with E-state index in [-0.39, 0.29) is 11.4 Å². The first kappa shape index (κ1) is 26.7. The predicted molar refractivity (Wildman–Crippen MR) is 156 cm³/mol. The molecule has 36 heavy (non-hydrogen) atoms. The van der Waals surface area contributed by atoms with E-state index in [1.165, 1.54) is 17.3 Å². The highest BCUT2D eigenvalue weighted by molar-refractivity contribution is 9.10. The number of hydrogen-bond acceptors (Lipinski definition) is 4. The Labute approximate surface area is 234 Å². The lowest BCUT2D eigenvalue weighted by Gasteiger charge is -2.15. The van der Waals surface area contributed by atoms with Crippen LogP contribution in [-0.4, -0.2) is 11.4 Å². The first-order valence-electron chi connectivity index (χ1n) is 11.4. The number of rotatable bonds is 9. The average molecular weight is 604 g/mol. The Morgan fingerprint density at radius 3 is 2.61 bits per heavy atom. The topological polar surface area (TPSA) is 50.4 Å². The predicted octanol–water partition coefficient (Wildman–Crippen LogP) is 8.23. The number of halogens is 3. The van der Waals surface area contributed by atoms with Crippen molar-refractivity contribution in [3.63, 3.8) is 0 Å². The summed E-state index contributed by atoms with van der Waals surface area (Å²) in [7, 11) is 0. The molecule has 3 aromatic rings. The quantitative estimate of drug-likeness (QED) is 0.191. The number of allylic oxidation sites excluding steroid dienone is 1. The van der Waals surface area contributed by atoms with Crippen LogP contribution in [0.5, 0.6) is 5.75 Å². The zero-order valence-corrected chi connectivity index (χ0v) is 23.5. The van der Waals surface area contributed by atoms with Crippen molar-refractivity contribution < 1.29 is 9.53 Å². The molecule has 4 rings (SSSR count). The lowest BCUT2D eigenvalue weighted by atomic mass is 10.1. The van der Waals surface area contributed by atoms with E-state index >= 15 is 0 Å². The molecule has 0 spiro atoms. The second-order valence-corrected chi connectivity index (χ2v) is 11.0. The van der Waals surface area contributed by atoms with E-state index in [0.717, 1.165) is 33.3 Å². The monoisotopic (exact) mass is 602 g/mol. The molecule has 1 aliphatic heterocycles. The van der Waals surface area contributed by atoms with Crippen molar-refractivity contribution in [3.8, 4) is 5.75 Å². The minimum absolute atomic E-state index is 0.109. The van der Waals surface area contributed by atoms with Crippen LogP contribution in [0.25, 0.3) is 6.08 Å². The Hall–Kier alpha value is -2.38. The molecule has 8 heteroatoms. The maximum atomic E-state index is 12.6. The zero-order chi connectivity index (χ0) is 25.7. The van der Waals surface area contributed by atoms with Gasteiger partial charge in [0.1, 0.15) is 12.4 Å². The van der Waals surface area contributed by atoms with E-state index in [4.69, 9.17) is 27.9 Å². The number of ether oxygens (including phenoxy) is 1. The van der Waals surface area contributed by atoms with Gasteiger partial charge in [-0.1, -0.05) is 66.2 Å². The number of hydrogen-bond donors (Lipinski definition) is 2. The molecule has 0 saturated carbocycles. The van der Waals surface area contributed by atoms with Gasteiger partial charge in [0.05, 0.1) is 9.38 Å². The highest BCUT2D eigenvalue weighted by Gasteiger charge is 2.27. The lowest BCUT2D eigenvalue weighted by molar-refractivity contribution is -0.116. The number of nitrogens with one attached hydrogen (secondary N) is 2. The highest BCUT2D eigenvalue weighted by atomic mass is 79.9. The number of anilines is 1. The van der Waals surface area contributed by atoms with E-state index < -0.39 is 0 Å². The van der Waals surface area contributed by atoms with Crippen LogP contribution >= 0.6 is 50.9 Å². The SMILES string of the molecule is C=CCc1cc(/C=C2\S[C@@H](Nc3ccc(CC)cc3)NC2=O)cc(Br)c1OCc1ccc(Cl)cc1Cl. The van der Waals surface area contributed by atoms with Gasteiger partial charge in [0.2, 0.25) is 0 Å². The summed E-state index contributed by atoms with van der Waals surface area (Å²) >= 11 is 17.4. The summed E-state index contributed by atoms with van der Waals surface area (Å²) in [6.07, 6.45) is 5.31. The number of amides is 1. The molecule has 1 amide bonds. The summed E-state index contributed by atoms with van der Waals surface area (Å²) in [4.78, 5) is 13.3. The molecule has 4 nitrogen and oxygen atoms in total. The Bertz CT molecular complexity index is 1310. The highest BCUT2D eigenvalue weighted by Crippen LogP contribution is 2.36. The molecule has 186 valence electrons. The third-order valence-corrected chi connectivity index (χ3v) is 7.79.